The van der Waals surface area contributed by atoms with Crippen LogP contribution in [0.15, 0.2) is 18.2 Å². The third-order valence-corrected chi connectivity index (χ3v) is 4.08. The zero-order chi connectivity index (χ0) is 15.2. The summed E-state index contributed by atoms with van der Waals surface area (Å²) in [6.07, 6.45) is 5.93. The van der Waals surface area contributed by atoms with Crippen molar-refractivity contribution in [1.82, 2.24) is 0 Å². The zero-order valence-corrected chi connectivity index (χ0v) is 12.9. The molecule has 0 bridgehead atoms. The molecule has 0 aromatic heterocycles. The smallest absolute Gasteiger partial charge is 0.227 e. The molecule has 0 aliphatic heterocycles. The zero-order valence-electron chi connectivity index (χ0n) is 12.9. The Morgan fingerprint density at radius 1 is 1.14 bits per heavy atom. The molecule has 1 aromatic carbocycles. The van der Waals surface area contributed by atoms with Crippen LogP contribution in [-0.4, -0.2) is 11.8 Å². The van der Waals surface area contributed by atoms with Crippen LogP contribution in [0.5, 0.6) is 0 Å². The summed E-state index contributed by atoms with van der Waals surface area (Å²) in [5.74, 6) is 0.217. The van der Waals surface area contributed by atoms with Crippen LogP contribution >= 0.6 is 0 Å². The summed E-state index contributed by atoms with van der Waals surface area (Å²) in [5.41, 5.74) is 2.51. The fourth-order valence-corrected chi connectivity index (χ4v) is 2.68. The second kappa shape index (κ2) is 7.25. The van der Waals surface area contributed by atoms with Gasteiger partial charge in [0.2, 0.25) is 11.8 Å². The molecule has 4 heteroatoms. The highest BCUT2D eigenvalue weighted by Gasteiger charge is 2.21. The van der Waals surface area contributed by atoms with Crippen LogP contribution in [0.3, 0.4) is 0 Å². The number of hydrogen-bond donors (Lipinski definition) is 2. The van der Waals surface area contributed by atoms with Gasteiger partial charge < -0.3 is 10.6 Å². The Morgan fingerprint density at radius 3 is 2.52 bits per heavy atom. The van der Waals surface area contributed by atoms with E-state index in [9.17, 15) is 9.59 Å². The van der Waals surface area contributed by atoms with E-state index in [-0.39, 0.29) is 17.7 Å². The Balaban J connectivity index is 2.04. The molecule has 1 aromatic rings. The number of carbonyl (C=O) groups excluding carboxylic acids is 2. The van der Waals surface area contributed by atoms with Crippen molar-refractivity contribution in [3.05, 3.63) is 23.8 Å². The molecule has 1 fully saturated rings. The molecular weight excluding hydrogens is 264 g/mol. The van der Waals surface area contributed by atoms with E-state index in [4.69, 9.17) is 0 Å². The Kier molecular flexibility index (Phi) is 5.37. The van der Waals surface area contributed by atoms with Gasteiger partial charge in [0, 0.05) is 23.7 Å². The summed E-state index contributed by atoms with van der Waals surface area (Å²) in [5, 5.41) is 5.84. The van der Waals surface area contributed by atoms with Gasteiger partial charge in [0.25, 0.3) is 0 Å². The van der Waals surface area contributed by atoms with Crippen LogP contribution in [0, 0.1) is 12.8 Å². The van der Waals surface area contributed by atoms with Gasteiger partial charge in [-0.2, -0.15) is 0 Å². The first-order chi connectivity index (χ1) is 10.1. The minimum atomic E-state index is -0.0196. The number of aryl methyl sites for hydroxylation is 1. The SMILES string of the molecule is CCC(=O)Nc1cc(NC(=O)C2CCCCC2)ccc1C. The van der Waals surface area contributed by atoms with Gasteiger partial charge in [0.05, 0.1) is 0 Å². The first-order valence-electron chi connectivity index (χ1n) is 7.81. The highest BCUT2D eigenvalue weighted by atomic mass is 16.2. The molecule has 2 rings (SSSR count). The molecule has 21 heavy (non-hydrogen) atoms. The third kappa shape index (κ3) is 4.31. The molecule has 0 unspecified atom stereocenters. The first-order valence-corrected chi connectivity index (χ1v) is 7.81. The van der Waals surface area contributed by atoms with Crippen LogP contribution < -0.4 is 10.6 Å². The number of carbonyl (C=O) groups is 2. The molecule has 0 atom stereocenters. The van der Waals surface area contributed by atoms with Crippen LogP contribution in [0.25, 0.3) is 0 Å². The average molecular weight is 288 g/mol. The van der Waals surface area contributed by atoms with Crippen molar-refractivity contribution < 1.29 is 9.59 Å². The van der Waals surface area contributed by atoms with Gasteiger partial charge in [-0.15, -0.1) is 0 Å². The predicted molar refractivity (Wildman–Crippen MR) is 85.3 cm³/mol. The van der Waals surface area contributed by atoms with Crippen LogP contribution in [0.4, 0.5) is 11.4 Å². The van der Waals surface area contributed by atoms with E-state index in [1.807, 2.05) is 32.0 Å². The highest BCUT2D eigenvalue weighted by molar-refractivity contribution is 5.95. The van der Waals surface area contributed by atoms with E-state index in [2.05, 4.69) is 10.6 Å². The Bertz CT molecular complexity index is 520. The van der Waals surface area contributed by atoms with E-state index >= 15 is 0 Å². The molecule has 0 spiro atoms. The lowest BCUT2D eigenvalue weighted by atomic mass is 9.88. The maximum atomic E-state index is 12.2. The molecule has 1 saturated carbocycles. The molecule has 1 aliphatic rings. The summed E-state index contributed by atoms with van der Waals surface area (Å²) >= 11 is 0. The minimum Gasteiger partial charge on any atom is -0.326 e. The summed E-state index contributed by atoms with van der Waals surface area (Å²) in [7, 11) is 0. The minimum absolute atomic E-state index is 0.0196. The van der Waals surface area contributed by atoms with E-state index in [0.717, 1.165) is 42.6 Å². The number of benzene rings is 1. The monoisotopic (exact) mass is 288 g/mol. The van der Waals surface area contributed by atoms with Crippen molar-refractivity contribution in [1.29, 1.82) is 0 Å². The van der Waals surface area contributed by atoms with Gasteiger partial charge in [0.15, 0.2) is 0 Å². The fourth-order valence-electron chi connectivity index (χ4n) is 2.68. The lowest BCUT2D eigenvalue weighted by Crippen LogP contribution is -2.24. The topological polar surface area (TPSA) is 58.2 Å². The van der Waals surface area contributed by atoms with Crippen molar-refractivity contribution in [3.8, 4) is 0 Å². The quantitative estimate of drug-likeness (QED) is 0.883. The normalized spacial score (nSPS) is 15.5. The molecule has 4 nitrogen and oxygen atoms in total. The predicted octanol–water partition coefficient (Wildman–Crippen LogP) is 3.86. The van der Waals surface area contributed by atoms with Crippen molar-refractivity contribution in [2.75, 3.05) is 10.6 Å². The van der Waals surface area contributed by atoms with Gasteiger partial charge in [-0.05, 0) is 37.5 Å². The maximum absolute atomic E-state index is 12.2. The van der Waals surface area contributed by atoms with Crippen LogP contribution in [0.2, 0.25) is 0 Å². The lowest BCUT2D eigenvalue weighted by Gasteiger charge is -2.21. The summed E-state index contributed by atoms with van der Waals surface area (Å²) in [6, 6.07) is 5.64. The molecule has 0 heterocycles. The van der Waals surface area contributed by atoms with E-state index < -0.39 is 0 Å². The standard InChI is InChI=1S/C17H24N2O2/c1-3-16(20)19-15-11-14(10-9-12(15)2)18-17(21)13-7-5-4-6-8-13/h9-11,13H,3-8H2,1-2H3,(H,18,21)(H,19,20). The Labute approximate surface area is 126 Å². The molecule has 2 N–H and O–H groups in total. The van der Waals surface area contributed by atoms with E-state index in [1.54, 1.807) is 0 Å². The third-order valence-electron chi connectivity index (χ3n) is 4.08. The Morgan fingerprint density at radius 2 is 1.86 bits per heavy atom. The largest absolute Gasteiger partial charge is 0.326 e. The van der Waals surface area contributed by atoms with Crippen LogP contribution in [-0.2, 0) is 9.59 Å². The number of anilines is 2. The van der Waals surface area contributed by atoms with Gasteiger partial charge in [0.1, 0.15) is 0 Å². The molecule has 114 valence electrons. The van der Waals surface area contributed by atoms with Gasteiger partial charge in [-0.25, -0.2) is 0 Å². The average Bonchev–Trinajstić information content (AvgIpc) is 2.51. The first kappa shape index (κ1) is 15.5. The number of nitrogens with one attached hydrogen (secondary N) is 2. The number of amides is 2. The van der Waals surface area contributed by atoms with Crippen molar-refractivity contribution in [2.24, 2.45) is 5.92 Å². The molecule has 2 amide bonds. The van der Waals surface area contributed by atoms with Crippen LogP contribution in [0.1, 0.15) is 51.0 Å². The Hall–Kier alpha value is -1.84. The number of rotatable bonds is 4. The van der Waals surface area contributed by atoms with Gasteiger partial charge in [-0.1, -0.05) is 32.3 Å². The van der Waals surface area contributed by atoms with Gasteiger partial charge in [-0.3, -0.25) is 9.59 Å². The number of hydrogen-bond acceptors (Lipinski definition) is 2. The second-order valence-corrected chi connectivity index (χ2v) is 5.76. The molecular formula is C17H24N2O2. The van der Waals surface area contributed by atoms with Crippen molar-refractivity contribution >= 4 is 23.2 Å². The fraction of sp³-hybridized carbons (Fsp3) is 0.529. The summed E-state index contributed by atoms with van der Waals surface area (Å²) in [4.78, 5) is 23.8. The molecule has 1 aliphatic carbocycles. The highest BCUT2D eigenvalue weighted by Crippen LogP contribution is 2.26. The van der Waals surface area contributed by atoms with Gasteiger partial charge >= 0.3 is 0 Å². The molecule has 0 saturated heterocycles. The molecule has 0 radical (unpaired) electrons. The summed E-state index contributed by atoms with van der Waals surface area (Å²) < 4.78 is 0. The summed E-state index contributed by atoms with van der Waals surface area (Å²) in [6.45, 7) is 3.76. The van der Waals surface area contributed by atoms with Crippen molar-refractivity contribution in [2.45, 2.75) is 52.4 Å². The van der Waals surface area contributed by atoms with E-state index in [1.165, 1.54) is 6.42 Å². The lowest BCUT2D eigenvalue weighted by molar-refractivity contribution is -0.120. The maximum Gasteiger partial charge on any atom is 0.227 e. The van der Waals surface area contributed by atoms with Crippen molar-refractivity contribution in [3.63, 3.8) is 0 Å². The van der Waals surface area contributed by atoms with E-state index in [0.29, 0.717) is 6.42 Å². The second-order valence-electron chi connectivity index (χ2n) is 5.76.